The number of hydrogen-bond donors (Lipinski definition) is 0. The summed E-state index contributed by atoms with van der Waals surface area (Å²) in [6.07, 6.45) is 2.36. The predicted octanol–water partition coefficient (Wildman–Crippen LogP) is 3.63. The van der Waals surface area contributed by atoms with E-state index in [1.165, 1.54) is 4.31 Å². The quantitative estimate of drug-likeness (QED) is 0.585. The molecule has 2 aromatic rings. The SMILES string of the molecule is CCOC(=O)C1CCN(C(=O)[C@@H]2CC[C@@H](c3ccccc3)N(S(=O)(=O)c3ccccc3)C2)CC1. The molecular formula is C26H32N2O5S. The van der Waals surface area contributed by atoms with Gasteiger partial charge >= 0.3 is 5.97 Å². The van der Waals surface area contributed by atoms with E-state index in [-0.39, 0.29) is 35.3 Å². The van der Waals surface area contributed by atoms with Crippen molar-refractivity contribution in [1.82, 2.24) is 9.21 Å². The molecule has 2 aliphatic heterocycles. The molecule has 0 saturated carbocycles. The predicted molar refractivity (Wildman–Crippen MR) is 128 cm³/mol. The van der Waals surface area contributed by atoms with Gasteiger partial charge in [-0.3, -0.25) is 9.59 Å². The molecule has 1 amide bonds. The second kappa shape index (κ2) is 10.7. The number of hydrogen-bond acceptors (Lipinski definition) is 5. The van der Waals surface area contributed by atoms with Crippen LogP contribution in [0.1, 0.15) is 44.2 Å². The number of sulfonamides is 1. The summed E-state index contributed by atoms with van der Waals surface area (Å²) in [5.74, 6) is -0.800. The summed E-state index contributed by atoms with van der Waals surface area (Å²) >= 11 is 0. The van der Waals surface area contributed by atoms with Gasteiger partial charge < -0.3 is 9.64 Å². The second-order valence-corrected chi connectivity index (χ2v) is 10.8. The van der Waals surface area contributed by atoms with E-state index in [0.29, 0.717) is 45.4 Å². The number of esters is 1. The maximum Gasteiger partial charge on any atom is 0.309 e. The van der Waals surface area contributed by atoms with Gasteiger partial charge in [0.25, 0.3) is 0 Å². The van der Waals surface area contributed by atoms with Crippen molar-refractivity contribution < 1.29 is 22.7 Å². The minimum absolute atomic E-state index is 0.0258. The van der Waals surface area contributed by atoms with E-state index >= 15 is 0 Å². The summed E-state index contributed by atoms with van der Waals surface area (Å²) in [6.45, 7) is 3.28. The molecule has 2 heterocycles. The van der Waals surface area contributed by atoms with E-state index in [9.17, 15) is 18.0 Å². The van der Waals surface area contributed by atoms with Gasteiger partial charge in [-0.2, -0.15) is 4.31 Å². The van der Waals surface area contributed by atoms with Crippen LogP contribution in [0.2, 0.25) is 0 Å². The Morgan fingerprint density at radius 3 is 2.12 bits per heavy atom. The molecule has 2 saturated heterocycles. The van der Waals surface area contributed by atoms with Crippen molar-refractivity contribution in [3.05, 3.63) is 66.2 Å². The first-order valence-corrected chi connectivity index (χ1v) is 13.4. The monoisotopic (exact) mass is 484 g/mol. The lowest BCUT2D eigenvalue weighted by molar-refractivity contribution is -0.152. The Kier molecular flexibility index (Phi) is 7.68. The zero-order chi connectivity index (χ0) is 24.1. The zero-order valence-corrected chi connectivity index (χ0v) is 20.3. The number of nitrogens with zero attached hydrogens (tertiary/aromatic N) is 2. The van der Waals surface area contributed by atoms with Crippen LogP contribution in [0, 0.1) is 11.8 Å². The summed E-state index contributed by atoms with van der Waals surface area (Å²) < 4.78 is 33.9. The number of ether oxygens (including phenoxy) is 1. The topological polar surface area (TPSA) is 84.0 Å². The number of benzene rings is 2. The molecule has 2 aliphatic rings. The van der Waals surface area contributed by atoms with E-state index in [0.717, 1.165) is 5.56 Å². The Balaban J connectivity index is 1.52. The molecule has 2 aromatic carbocycles. The molecule has 7 nitrogen and oxygen atoms in total. The number of likely N-dealkylation sites (tertiary alicyclic amines) is 1. The molecule has 0 radical (unpaired) electrons. The molecule has 182 valence electrons. The van der Waals surface area contributed by atoms with E-state index in [1.807, 2.05) is 30.3 Å². The molecule has 0 bridgehead atoms. The van der Waals surface area contributed by atoms with Crippen molar-refractivity contribution in [2.45, 2.75) is 43.5 Å². The van der Waals surface area contributed by atoms with Crippen LogP contribution in [0.3, 0.4) is 0 Å². The van der Waals surface area contributed by atoms with E-state index in [4.69, 9.17) is 4.74 Å². The average molecular weight is 485 g/mol. The van der Waals surface area contributed by atoms with Gasteiger partial charge in [-0.1, -0.05) is 48.5 Å². The number of piperidine rings is 2. The van der Waals surface area contributed by atoms with Gasteiger partial charge in [0.2, 0.25) is 15.9 Å². The zero-order valence-electron chi connectivity index (χ0n) is 19.5. The fourth-order valence-electron chi connectivity index (χ4n) is 5.00. The normalized spacial score (nSPS) is 22.3. The largest absolute Gasteiger partial charge is 0.466 e. The molecular weight excluding hydrogens is 452 g/mol. The van der Waals surface area contributed by atoms with Crippen LogP contribution in [0.15, 0.2) is 65.6 Å². The number of carbonyl (C=O) groups excluding carboxylic acids is 2. The lowest BCUT2D eigenvalue weighted by atomic mass is 9.89. The molecule has 0 aromatic heterocycles. The lowest BCUT2D eigenvalue weighted by Crippen LogP contribution is -2.49. The average Bonchev–Trinajstić information content (AvgIpc) is 2.89. The highest BCUT2D eigenvalue weighted by Gasteiger charge is 2.41. The Morgan fingerprint density at radius 2 is 1.50 bits per heavy atom. The minimum atomic E-state index is -3.78. The highest BCUT2D eigenvalue weighted by Crippen LogP contribution is 2.38. The molecule has 0 unspecified atom stereocenters. The molecule has 8 heteroatoms. The van der Waals surface area contributed by atoms with Gasteiger partial charge in [0.1, 0.15) is 0 Å². The van der Waals surface area contributed by atoms with Crippen LogP contribution in [0.4, 0.5) is 0 Å². The maximum absolute atomic E-state index is 13.6. The van der Waals surface area contributed by atoms with Gasteiger partial charge in [0, 0.05) is 19.6 Å². The van der Waals surface area contributed by atoms with Crippen LogP contribution >= 0.6 is 0 Å². The van der Waals surface area contributed by atoms with Gasteiger partial charge in [0.05, 0.1) is 29.4 Å². The molecule has 0 aliphatic carbocycles. The van der Waals surface area contributed by atoms with E-state index in [1.54, 1.807) is 42.2 Å². The Morgan fingerprint density at radius 1 is 0.882 bits per heavy atom. The molecule has 0 N–H and O–H groups in total. The fourth-order valence-corrected chi connectivity index (χ4v) is 6.71. The van der Waals surface area contributed by atoms with Crippen LogP contribution in [-0.4, -0.2) is 55.7 Å². The van der Waals surface area contributed by atoms with Crippen LogP contribution in [0.25, 0.3) is 0 Å². The van der Waals surface area contributed by atoms with Crippen molar-refractivity contribution in [1.29, 1.82) is 0 Å². The lowest BCUT2D eigenvalue weighted by Gasteiger charge is -2.41. The van der Waals surface area contributed by atoms with Crippen molar-refractivity contribution >= 4 is 21.9 Å². The smallest absolute Gasteiger partial charge is 0.309 e. The molecule has 2 atom stereocenters. The summed E-state index contributed by atoms with van der Waals surface area (Å²) in [7, 11) is -3.78. The first-order valence-electron chi connectivity index (χ1n) is 12.0. The highest BCUT2D eigenvalue weighted by molar-refractivity contribution is 7.89. The Labute approximate surface area is 201 Å². The second-order valence-electron chi connectivity index (χ2n) is 8.94. The van der Waals surface area contributed by atoms with Crippen molar-refractivity contribution in [2.24, 2.45) is 11.8 Å². The molecule has 4 rings (SSSR count). The third-order valence-corrected chi connectivity index (χ3v) is 8.74. The Hall–Kier alpha value is -2.71. The fraction of sp³-hybridized carbons (Fsp3) is 0.462. The number of carbonyl (C=O) groups is 2. The molecule has 2 fully saturated rings. The Bertz CT molecular complexity index is 1080. The molecule has 34 heavy (non-hydrogen) atoms. The van der Waals surface area contributed by atoms with Crippen LogP contribution in [0.5, 0.6) is 0 Å². The van der Waals surface area contributed by atoms with Crippen molar-refractivity contribution in [2.75, 3.05) is 26.2 Å². The summed E-state index contributed by atoms with van der Waals surface area (Å²) in [4.78, 5) is 27.5. The van der Waals surface area contributed by atoms with E-state index < -0.39 is 15.9 Å². The van der Waals surface area contributed by atoms with E-state index in [2.05, 4.69) is 0 Å². The van der Waals surface area contributed by atoms with Gasteiger partial charge in [-0.25, -0.2) is 8.42 Å². The summed E-state index contributed by atoms with van der Waals surface area (Å²) in [6, 6.07) is 17.7. The van der Waals surface area contributed by atoms with Gasteiger partial charge in [-0.05, 0) is 50.3 Å². The first kappa shape index (κ1) is 24.4. The van der Waals surface area contributed by atoms with Crippen LogP contribution < -0.4 is 0 Å². The summed E-state index contributed by atoms with van der Waals surface area (Å²) in [5.41, 5.74) is 0.933. The summed E-state index contributed by atoms with van der Waals surface area (Å²) in [5, 5.41) is 0. The first-order chi connectivity index (χ1) is 16.4. The van der Waals surface area contributed by atoms with Crippen molar-refractivity contribution in [3.63, 3.8) is 0 Å². The standard InChI is InChI=1S/C26H32N2O5S/c1-2-33-26(30)21-15-17-27(18-16-21)25(29)22-13-14-24(20-9-5-3-6-10-20)28(19-22)34(31,32)23-11-7-4-8-12-23/h3-12,21-22,24H,2,13-19H2,1H3/t22-,24+/m1/s1. The maximum atomic E-state index is 13.6. The van der Waals surface area contributed by atoms with Gasteiger partial charge in [0.15, 0.2) is 0 Å². The van der Waals surface area contributed by atoms with Crippen LogP contribution in [-0.2, 0) is 24.3 Å². The number of amides is 1. The third-order valence-electron chi connectivity index (χ3n) is 6.85. The minimum Gasteiger partial charge on any atom is -0.466 e. The molecule has 0 spiro atoms. The highest BCUT2D eigenvalue weighted by atomic mass is 32.2. The number of rotatable bonds is 6. The third kappa shape index (κ3) is 5.18. The van der Waals surface area contributed by atoms with Gasteiger partial charge in [-0.15, -0.1) is 0 Å². The van der Waals surface area contributed by atoms with Crippen molar-refractivity contribution in [3.8, 4) is 0 Å².